The number of hydrogen-bond donors (Lipinski definition) is 1. The molecule has 1 aliphatic rings. The summed E-state index contributed by atoms with van der Waals surface area (Å²) in [5.41, 5.74) is 0.892. The zero-order valence-corrected chi connectivity index (χ0v) is 18.3. The number of nitrogens with zero attached hydrogens (tertiary/aromatic N) is 7. The quantitative estimate of drug-likeness (QED) is 0.444. The summed E-state index contributed by atoms with van der Waals surface area (Å²) in [5.74, 6) is 1.41. The summed E-state index contributed by atoms with van der Waals surface area (Å²) < 4.78 is 3.33. The minimum absolute atomic E-state index is 0.407. The first-order chi connectivity index (χ1) is 14.5. The average Bonchev–Trinajstić information content (AvgIpc) is 3.12. The zero-order valence-electron chi connectivity index (χ0n) is 17.5. The first-order valence-electron chi connectivity index (χ1n) is 10.1. The Morgan fingerprint density at radius 1 is 1.17 bits per heavy atom. The smallest absolute Gasteiger partial charge is 0.329 e. The topological polar surface area (TPSA) is 105 Å². The van der Waals surface area contributed by atoms with Gasteiger partial charge in [-0.25, -0.2) is 14.8 Å². The van der Waals surface area contributed by atoms with Crippen LogP contribution in [0.4, 0.5) is 5.95 Å². The molecule has 1 saturated heterocycles. The molecule has 0 bridgehead atoms. The van der Waals surface area contributed by atoms with Gasteiger partial charge < -0.3 is 14.4 Å². The molecule has 0 atom stereocenters. The maximum absolute atomic E-state index is 12.7. The molecule has 0 amide bonds. The Kier molecular flexibility index (Phi) is 5.91. The zero-order chi connectivity index (χ0) is 21.3. The lowest BCUT2D eigenvalue weighted by Gasteiger charge is -2.34. The summed E-state index contributed by atoms with van der Waals surface area (Å²) >= 11 is 1.54. The van der Waals surface area contributed by atoms with Crippen LogP contribution in [-0.4, -0.2) is 72.4 Å². The Bertz CT molecular complexity index is 1160. The summed E-state index contributed by atoms with van der Waals surface area (Å²) in [5, 5.41) is 0.707. The fraction of sp³-hybridized carbons (Fsp3) is 0.526. The molecule has 0 unspecified atom stereocenters. The van der Waals surface area contributed by atoms with Crippen molar-refractivity contribution in [3.05, 3.63) is 38.8 Å². The van der Waals surface area contributed by atoms with Gasteiger partial charge in [0, 0.05) is 57.4 Å². The van der Waals surface area contributed by atoms with Gasteiger partial charge in [-0.2, -0.15) is 4.98 Å². The maximum atomic E-state index is 12.7. The monoisotopic (exact) mass is 430 g/mol. The number of imidazole rings is 1. The third-order valence-corrected chi connectivity index (χ3v) is 6.25. The average molecular weight is 431 g/mol. The van der Waals surface area contributed by atoms with E-state index in [0.717, 1.165) is 44.4 Å². The van der Waals surface area contributed by atoms with Gasteiger partial charge in [0.1, 0.15) is 0 Å². The van der Waals surface area contributed by atoms with E-state index in [4.69, 9.17) is 4.98 Å². The van der Waals surface area contributed by atoms with Gasteiger partial charge in [0.2, 0.25) is 5.95 Å². The fourth-order valence-electron chi connectivity index (χ4n) is 3.66. The number of fused-ring (bicyclic) bond motifs is 1. The van der Waals surface area contributed by atoms with Crippen LogP contribution in [0.15, 0.2) is 27.0 Å². The molecular weight excluding hydrogens is 404 g/mol. The molecule has 1 aliphatic heterocycles. The van der Waals surface area contributed by atoms with E-state index in [-0.39, 0.29) is 0 Å². The first-order valence-corrected chi connectivity index (χ1v) is 11.1. The highest BCUT2D eigenvalue weighted by Gasteiger charge is 2.24. The van der Waals surface area contributed by atoms with E-state index in [1.54, 1.807) is 13.2 Å². The van der Waals surface area contributed by atoms with E-state index < -0.39 is 11.2 Å². The van der Waals surface area contributed by atoms with Gasteiger partial charge >= 0.3 is 5.69 Å². The highest BCUT2D eigenvalue weighted by Crippen LogP contribution is 2.22. The molecule has 0 spiro atoms. The molecule has 3 aromatic rings. The molecule has 4 rings (SSSR count). The predicted octanol–water partition coefficient (Wildman–Crippen LogP) is 0.456. The number of hydrogen-bond acceptors (Lipinski definition) is 8. The van der Waals surface area contributed by atoms with E-state index >= 15 is 0 Å². The summed E-state index contributed by atoms with van der Waals surface area (Å²) in [7, 11) is 1.63. The number of thioether (sulfide) groups is 1. The maximum Gasteiger partial charge on any atom is 0.329 e. The molecule has 1 N–H and O–H groups in total. The number of aromatic amines is 1. The van der Waals surface area contributed by atoms with E-state index in [1.165, 1.54) is 16.3 Å². The van der Waals surface area contributed by atoms with E-state index in [1.807, 2.05) is 17.6 Å². The second-order valence-corrected chi connectivity index (χ2v) is 8.37. The molecule has 0 aromatic carbocycles. The lowest BCUT2D eigenvalue weighted by molar-refractivity contribution is 0.269. The molecule has 10 nitrogen and oxygen atoms in total. The number of H-pyrrole nitrogens is 1. The highest BCUT2D eigenvalue weighted by molar-refractivity contribution is 7.99. The Hall–Kier alpha value is -2.66. The van der Waals surface area contributed by atoms with Crippen molar-refractivity contribution in [3.8, 4) is 0 Å². The van der Waals surface area contributed by atoms with Crippen molar-refractivity contribution >= 4 is 28.9 Å². The fourth-order valence-corrected chi connectivity index (χ4v) is 4.46. The third-order valence-electron chi connectivity index (χ3n) is 5.41. The number of nitrogens with one attached hydrogen (secondary N) is 1. The molecule has 160 valence electrons. The third kappa shape index (κ3) is 3.99. The lowest BCUT2D eigenvalue weighted by Crippen LogP contribution is -2.47. The minimum atomic E-state index is -0.456. The van der Waals surface area contributed by atoms with Crippen LogP contribution < -0.4 is 16.1 Å². The van der Waals surface area contributed by atoms with Crippen LogP contribution in [-0.2, 0) is 13.6 Å². The SMILES string of the molecule is CCN1CCN(c2nc3c(c(=O)[nH]c(=O)n3C)n2CCSc2nccc(C)n2)CC1. The van der Waals surface area contributed by atoms with Gasteiger partial charge in [0.05, 0.1) is 0 Å². The van der Waals surface area contributed by atoms with Crippen molar-refractivity contribution < 1.29 is 0 Å². The van der Waals surface area contributed by atoms with E-state index in [2.05, 4.69) is 31.7 Å². The summed E-state index contributed by atoms with van der Waals surface area (Å²) in [4.78, 5) is 45.2. The molecule has 30 heavy (non-hydrogen) atoms. The molecule has 0 saturated carbocycles. The van der Waals surface area contributed by atoms with Gasteiger partial charge in [-0.05, 0) is 19.5 Å². The van der Waals surface area contributed by atoms with Gasteiger partial charge in [-0.15, -0.1) is 0 Å². The summed E-state index contributed by atoms with van der Waals surface area (Å²) in [6, 6.07) is 1.86. The van der Waals surface area contributed by atoms with E-state index in [0.29, 0.717) is 28.6 Å². The molecule has 11 heteroatoms. The largest absolute Gasteiger partial charge is 0.340 e. The molecule has 4 heterocycles. The summed E-state index contributed by atoms with van der Waals surface area (Å²) in [6.07, 6.45) is 1.75. The molecule has 0 aliphatic carbocycles. The second kappa shape index (κ2) is 8.60. The number of piperazine rings is 1. The molecule has 1 fully saturated rings. The Morgan fingerprint density at radius 2 is 1.93 bits per heavy atom. The Labute approximate surface area is 178 Å². The number of anilines is 1. The van der Waals surface area contributed by atoms with Crippen molar-refractivity contribution in [2.45, 2.75) is 25.5 Å². The predicted molar refractivity (Wildman–Crippen MR) is 117 cm³/mol. The van der Waals surface area contributed by atoms with Gasteiger partial charge in [-0.1, -0.05) is 18.7 Å². The second-order valence-electron chi connectivity index (χ2n) is 7.30. The van der Waals surface area contributed by atoms with Gasteiger partial charge in [0.25, 0.3) is 5.56 Å². The number of aromatic nitrogens is 6. The number of likely N-dealkylation sites (N-methyl/N-ethyl adjacent to an activating group) is 1. The van der Waals surface area contributed by atoms with Gasteiger partial charge in [0.15, 0.2) is 16.3 Å². The van der Waals surface area contributed by atoms with Crippen LogP contribution in [0.25, 0.3) is 11.2 Å². The minimum Gasteiger partial charge on any atom is -0.340 e. The van der Waals surface area contributed by atoms with Crippen LogP contribution in [0, 0.1) is 6.92 Å². The number of aryl methyl sites for hydroxylation is 3. The molecule has 0 radical (unpaired) electrons. The summed E-state index contributed by atoms with van der Waals surface area (Å²) in [6.45, 7) is 9.22. The van der Waals surface area contributed by atoms with Crippen molar-refractivity contribution in [1.29, 1.82) is 0 Å². The number of rotatable bonds is 6. The standard InChI is InChI=1S/C19H26N8O2S/c1-4-25-7-9-26(10-8-25)18-22-15-14(16(28)23-19(29)24(15)3)27(18)11-12-30-17-20-6-5-13(2)21-17/h5-6H,4,7-12H2,1-3H3,(H,23,28,29). The van der Waals surface area contributed by atoms with Crippen LogP contribution in [0.5, 0.6) is 0 Å². The van der Waals surface area contributed by atoms with Gasteiger partial charge in [-0.3, -0.25) is 14.3 Å². The molecule has 3 aromatic heterocycles. The van der Waals surface area contributed by atoms with Crippen molar-refractivity contribution in [2.24, 2.45) is 7.05 Å². The molecular formula is C19H26N8O2S. The Balaban J connectivity index is 1.67. The van der Waals surface area contributed by atoms with Crippen molar-refractivity contribution in [3.63, 3.8) is 0 Å². The van der Waals surface area contributed by atoms with Crippen LogP contribution in [0.3, 0.4) is 0 Å². The van der Waals surface area contributed by atoms with Crippen LogP contribution in [0.2, 0.25) is 0 Å². The van der Waals surface area contributed by atoms with Crippen molar-refractivity contribution in [2.75, 3.05) is 43.4 Å². The normalized spacial score (nSPS) is 15.2. The highest BCUT2D eigenvalue weighted by atomic mass is 32.2. The Morgan fingerprint density at radius 3 is 2.63 bits per heavy atom. The lowest BCUT2D eigenvalue weighted by atomic mass is 10.3. The van der Waals surface area contributed by atoms with Crippen LogP contribution in [0.1, 0.15) is 12.6 Å². The van der Waals surface area contributed by atoms with E-state index in [9.17, 15) is 9.59 Å². The first kappa shape index (κ1) is 20.6. The van der Waals surface area contributed by atoms with Crippen LogP contribution >= 0.6 is 11.8 Å². The van der Waals surface area contributed by atoms with Crippen molar-refractivity contribution in [1.82, 2.24) is 34.0 Å².